The molecule has 0 saturated carbocycles. The highest BCUT2D eigenvalue weighted by Gasteiger charge is 2.28. The number of aliphatic hydroxyl groups is 1. The molecule has 0 bridgehead atoms. The minimum Gasteiger partial charge on any atom is -0.388 e. The summed E-state index contributed by atoms with van der Waals surface area (Å²) in [6.07, 6.45) is 4.58. The number of rotatable bonds is 5. The summed E-state index contributed by atoms with van der Waals surface area (Å²) in [5.74, 6) is 0.643. The van der Waals surface area contributed by atoms with Gasteiger partial charge in [-0.2, -0.15) is 0 Å². The van der Waals surface area contributed by atoms with Gasteiger partial charge in [-0.15, -0.1) is 0 Å². The van der Waals surface area contributed by atoms with E-state index in [1.807, 2.05) is 35.2 Å². The number of hydrogen-bond donors (Lipinski definition) is 1. The summed E-state index contributed by atoms with van der Waals surface area (Å²) < 4.78 is 0. The van der Waals surface area contributed by atoms with Crippen LogP contribution in [0.4, 0.5) is 0 Å². The average Bonchev–Trinajstić information content (AvgIpc) is 3.06. The van der Waals surface area contributed by atoms with Crippen LogP contribution >= 0.6 is 0 Å². The molecular formula is C20H30N2O2. The molecule has 0 spiro atoms. The monoisotopic (exact) mass is 330 g/mol. The third-order valence-corrected chi connectivity index (χ3v) is 5.74. The van der Waals surface area contributed by atoms with Crippen molar-refractivity contribution in [2.24, 2.45) is 5.92 Å². The fourth-order valence-electron chi connectivity index (χ4n) is 4.12. The van der Waals surface area contributed by atoms with E-state index in [9.17, 15) is 9.90 Å². The highest BCUT2D eigenvalue weighted by molar-refractivity contribution is 5.77. The van der Waals surface area contributed by atoms with E-state index in [2.05, 4.69) is 11.8 Å². The molecule has 2 aliphatic rings. The molecule has 1 aromatic carbocycles. The van der Waals surface area contributed by atoms with Crippen molar-refractivity contribution in [3.8, 4) is 0 Å². The standard InChI is InChI=1S/C20H30N2O2/c1-16-6-5-12-22(16)19(23)11-15-21-13-9-18(10-14-21)20(24)17-7-3-2-4-8-17/h2-4,7-8,16,18,20,24H,5-6,9-15H2,1H3. The zero-order valence-electron chi connectivity index (χ0n) is 14.7. The lowest BCUT2D eigenvalue weighted by Gasteiger charge is -2.34. The molecule has 4 nitrogen and oxygen atoms in total. The number of amides is 1. The maximum absolute atomic E-state index is 12.3. The van der Waals surface area contributed by atoms with Gasteiger partial charge in [0.25, 0.3) is 0 Å². The van der Waals surface area contributed by atoms with Crippen molar-refractivity contribution in [1.29, 1.82) is 0 Å². The van der Waals surface area contributed by atoms with Crippen LogP contribution in [0, 0.1) is 5.92 Å². The van der Waals surface area contributed by atoms with Crippen LogP contribution < -0.4 is 0 Å². The van der Waals surface area contributed by atoms with E-state index in [0.29, 0.717) is 24.3 Å². The smallest absolute Gasteiger partial charge is 0.224 e. The van der Waals surface area contributed by atoms with E-state index in [4.69, 9.17) is 0 Å². The number of piperidine rings is 1. The number of carbonyl (C=O) groups is 1. The first-order valence-electron chi connectivity index (χ1n) is 9.40. The molecular weight excluding hydrogens is 300 g/mol. The number of hydrogen-bond acceptors (Lipinski definition) is 3. The molecule has 1 N–H and O–H groups in total. The molecule has 2 heterocycles. The molecule has 1 amide bonds. The molecule has 0 radical (unpaired) electrons. The Morgan fingerprint density at radius 2 is 1.88 bits per heavy atom. The Bertz CT molecular complexity index is 526. The topological polar surface area (TPSA) is 43.8 Å². The molecule has 132 valence electrons. The first-order valence-corrected chi connectivity index (χ1v) is 9.40. The van der Waals surface area contributed by atoms with Crippen LogP contribution in [-0.2, 0) is 4.79 Å². The molecule has 2 fully saturated rings. The summed E-state index contributed by atoms with van der Waals surface area (Å²) in [7, 11) is 0. The van der Waals surface area contributed by atoms with E-state index >= 15 is 0 Å². The molecule has 2 aliphatic heterocycles. The van der Waals surface area contributed by atoms with Crippen LogP contribution in [-0.4, -0.2) is 53.0 Å². The number of likely N-dealkylation sites (tertiary alicyclic amines) is 2. The predicted octanol–water partition coefficient (Wildman–Crippen LogP) is 2.83. The third kappa shape index (κ3) is 4.17. The largest absolute Gasteiger partial charge is 0.388 e. The van der Waals surface area contributed by atoms with E-state index in [1.165, 1.54) is 0 Å². The van der Waals surface area contributed by atoms with Gasteiger partial charge >= 0.3 is 0 Å². The normalized spacial score (nSPS) is 24.2. The fraction of sp³-hybridized carbons (Fsp3) is 0.650. The van der Waals surface area contributed by atoms with Gasteiger partial charge in [-0.1, -0.05) is 30.3 Å². The van der Waals surface area contributed by atoms with Crippen LogP contribution in [0.1, 0.15) is 50.7 Å². The van der Waals surface area contributed by atoms with E-state index in [-0.39, 0.29) is 6.10 Å². The molecule has 2 unspecified atom stereocenters. The van der Waals surface area contributed by atoms with Crippen molar-refractivity contribution in [2.45, 2.75) is 51.2 Å². The van der Waals surface area contributed by atoms with Crippen molar-refractivity contribution >= 4 is 5.91 Å². The fourth-order valence-corrected chi connectivity index (χ4v) is 4.12. The van der Waals surface area contributed by atoms with Crippen molar-refractivity contribution in [3.05, 3.63) is 35.9 Å². The summed E-state index contributed by atoms with van der Waals surface area (Å²) in [5, 5.41) is 10.5. The van der Waals surface area contributed by atoms with Crippen molar-refractivity contribution in [2.75, 3.05) is 26.2 Å². The minimum atomic E-state index is -0.361. The van der Waals surface area contributed by atoms with Crippen LogP contribution in [0.2, 0.25) is 0 Å². The molecule has 3 rings (SSSR count). The van der Waals surface area contributed by atoms with Crippen LogP contribution in [0.15, 0.2) is 30.3 Å². The second kappa shape index (κ2) is 8.13. The molecule has 2 atom stereocenters. The van der Waals surface area contributed by atoms with E-state index in [1.54, 1.807) is 0 Å². The minimum absolute atomic E-state index is 0.312. The second-order valence-electron chi connectivity index (χ2n) is 7.36. The molecule has 24 heavy (non-hydrogen) atoms. The van der Waals surface area contributed by atoms with Gasteiger partial charge in [0.2, 0.25) is 5.91 Å². The lowest BCUT2D eigenvalue weighted by Crippen LogP contribution is -2.39. The maximum Gasteiger partial charge on any atom is 0.224 e. The van der Waals surface area contributed by atoms with Crippen LogP contribution in [0.3, 0.4) is 0 Å². The van der Waals surface area contributed by atoms with Crippen molar-refractivity contribution in [3.63, 3.8) is 0 Å². The van der Waals surface area contributed by atoms with Gasteiger partial charge in [-0.05, 0) is 57.2 Å². The van der Waals surface area contributed by atoms with Gasteiger partial charge in [0, 0.05) is 25.6 Å². The first-order chi connectivity index (χ1) is 11.6. The van der Waals surface area contributed by atoms with Crippen molar-refractivity contribution in [1.82, 2.24) is 9.80 Å². The molecule has 2 saturated heterocycles. The SMILES string of the molecule is CC1CCCN1C(=O)CCN1CCC(C(O)c2ccccc2)CC1. The Hall–Kier alpha value is -1.39. The van der Waals surface area contributed by atoms with Crippen LogP contribution in [0.25, 0.3) is 0 Å². The Morgan fingerprint density at radius 3 is 2.50 bits per heavy atom. The second-order valence-corrected chi connectivity index (χ2v) is 7.36. The summed E-state index contributed by atoms with van der Waals surface area (Å²) >= 11 is 0. The zero-order chi connectivity index (χ0) is 16.9. The van der Waals surface area contributed by atoms with Gasteiger partial charge < -0.3 is 14.9 Å². The molecule has 0 aliphatic carbocycles. The Labute approximate surface area is 145 Å². The summed E-state index contributed by atoms with van der Waals surface area (Å²) in [6, 6.07) is 10.4. The van der Waals surface area contributed by atoms with Gasteiger partial charge in [-0.3, -0.25) is 4.79 Å². The Morgan fingerprint density at radius 1 is 1.17 bits per heavy atom. The van der Waals surface area contributed by atoms with Crippen LogP contribution in [0.5, 0.6) is 0 Å². The van der Waals surface area contributed by atoms with Gasteiger partial charge in [0.1, 0.15) is 0 Å². The average molecular weight is 330 g/mol. The molecule has 4 heteroatoms. The van der Waals surface area contributed by atoms with Gasteiger partial charge in [0.05, 0.1) is 6.10 Å². The number of benzene rings is 1. The summed E-state index contributed by atoms with van der Waals surface area (Å²) in [6.45, 7) is 5.91. The number of nitrogens with zero attached hydrogens (tertiary/aromatic N) is 2. The molecule has 1 aromatic rings. The van der Waals surface area contributed by atoms with Crippen molar-refractivity contribution < 1.29 is 9.90 Å². The number of aliphatic hydroxyl groups excluding tert-OH is 1. The highest BCUT2D eigenvalue weighted by atomic mass is 16.3. The zero-order valence-corrected chi connectivity index (χ0v) is 14.7. The van der Waals surface area contributed by atoms with E-state index in [0.717, 1.165) is 57.4 Å². The predicted molar refractivity (Wildman–Crippen MR) is 95.6 cm³/mol. The lowest BCUT2D eigenvalue weighted by molar-refractivity contribution is -0.132. The first kappa shape index (κ1) is 17.4. The summed E-state index contributed by atoms with van der Waals surface area (Å²) in [4.78, 5) is 16.7. The van der Waals surface area contributed by atoms with E-state index < -0.39 is 0 Å². The Kier molecular flexibility index (Phi) is 5.90. The molecule has 0 aromatic heterocycles. The number of carbonyl (C=O) groups excluding carboxylic acids is 1. The highest BCUT2D eigenvalue weighted by Crippen LogP contribution is 2.30. The Balaban J connectivity index is 1.41. The maximum atomic E-state index is 12.3. The quantitative estimate of drug-likeness (QED) is 0.903. The lowest BCUT2D eigenvalue weighted by atomic mass is 9.87. The summed E-state index contributed by atoms with van der Waals surface area (Å²) in [5.41, 5.74) is 1.02. The van der Waals surface area contributed by atoms with Gasteiger partial charge in [0.15, 0.2) is 0 Å². The third-order valence-electron chi connectivity index (χ3n) is 5.74. The van der Waals surface area contributed by atoms with Gasteiger partial charge in [-0.25, -0.2) is 0 Å².